The Morgan fingerprint density at radius 2 is 1.83 bits per heavy atom. The van der Waals surface area contributed by atoms with Crippen LogP contribution in [-0.2, 0) is 31.5 Å². The van der Waals surface area contributed by atoms with E-state index in [1.807, 2.05) is 0 Å². The molecule has 8 nitrogen and oxygen atoms in total. The Balaban J connectivity index is 1.71. The second-order valence-electron chi connectivity index (χ2n) is 7.32. The van der Waals surface area contributed by atoms with Crippen LogP contribution in [-0.4, -0.2) is 24.0 Å². The molecule has 0 saturated heterocycles. The molecule has 1 radical (unpaired) electrons. The summed E-state index contributed by atoms with van der Waals surface area (Å²) in [6, 6.07) is 1.17. The topological polar surface area (TPSA) is 91.2 Å². The minimum absolute atomic E-state index is 0.0513. The van der Waals surface area contributed by atoms with Crippen molar-refractivity contribution in [3.05, 3.63) is 73.1 Å². The van der Waals surface area contributed by atoms with Crippen LogP contribution in [0.4, 0.5) is 22.0 Å². The highest BCUT2D eigenvalue weighted by molar-refractivity contribution is 7.13. The summed E-state index contributed by atoms with van der Waals surface area (Å²) < 4.78 is 74.0. The number of alkyl halides is 3. The minimum atomic E-state index is -5.07. The highest BCUT2D eigenvalue weighted by atomic mass is 32.1. The normalized spacial score (nSPS) is 12.6. The quantitative estimate of drug-likeness (QED) is 0.381. The molecule has 0 saturated carbocycles. The van der Waals surface area contributed by atoms with Crippen molar-refractivity contribution in [2.75, 3.05) is 0 Å². The van der Waals surface area contributed by atoms with E-state index in [9.17, 15) is 36.3 Å². The number of amides is 1. The van der Waals surface area contributed by atoms with Crippen LogP contribution in [0.2, 0.25) is 0 Å². The molecule has 0 atom stereocenters. The molecule has 0 aliphatic carbocycles. The summed E-state index contributed by atoms with van der Waals surface area (Å²) in [4.78, 5) is 41.2. The maximum absolute atomic E-state index is 14.4. The minimum Gasteiger partial charge on any atom is -0.314 e. The van der Waals surface area contributed by atoms with Gasteiger partial charge in [0.2, 0.25) is 0 Å². The SMILES string of the molecule is [CH2]n1c(-c2ccc(C(F)(F)F)c(F)c2F)cs/c1=N/C(=O)Cc1nsc2c1c(=O)n(C)c(=O)n2C. The van der Waals surface area contributed by atoms with Crippen LogP contribution in [0.15, 0.2) is 32.1 Å². The van der Waals surface area contributed by atoms with E-state index in [-0.39, 0.29) is 26.4 Å². The molecule has 0 spiro atoms. The summed E-state index contributed by atoms with van der Waals surface area (Å²) in [6.07, 6.45) is -5.47. The van der Waals surface area contributed by atoms with Crippen LogP contribution < -0.4 is 16.1 Å². The van der Waals surface area contributed by atoms with Gasteiger partial charge in [0.15, 0.2) is 16.4 Å². The van der Waals surface area contributed by atoms with Crippen LogP contribution in [0.5, 0.6) is 0 Å². The van der Waals surface area contributed by atoms with Gasteiger partial charge in [0, 0.05) is 32.1 Å². The Morgan fingerprint density at radius 1 is 1.14 bits per heavy atom. The van der Waals surface area contributed by atoms with Crippen molar-refractivity contribution in [3.63, 3.8) is 0 Å². The Hall–Kier alpha value is -3.46. The molecule has 0 bridgehead atoms. The fraction of sp³-hybridized carbons (Fsp3) is 0.200. The van der Waals surface area contributed by atoms with Gasteiger partial charge in [0.1, 0.15) is 4.83 Å². The Morgan fingerprint density at radius 3 is 2.49 bits per heavy atom. The van der Waals surface area contributed by atoms with Gasteiger partial charge in [-0.05, 0) is 23.7 Å². The predicted octanol–water partition coefficient (Wildman–Crippen LogP) is 2.83. The molecule has 1 aromatic carbocycles. The van der Waals surface area contributed by atoms with E-state index in [0.29, 0.717) is 6.07 Å². The predicted molar refractivity (Wildman–Crippen MR) is 118 cm³/mol. The lowest BCUT2D eigenvalue weighted by atomic mass is 10.1. The van der Waals surface area contributed by atoms with Crippen LogP contribution >= 0.6 is 22.9 Å². The smallest absolute Gasteiger partial charge is 0.314 e. The summed E-state index contributed by atoms with van der Waals surface area (Å²) >= 11 is 1.69. The van der Waals surface area contributed by atoms with Gasteiger partial charge in [-0.15, -0.1) is 11.3 Å². The molecule has 3 aromatic heterocycles. The standard InChI is InChI=1S/C20H13F5N5O3S2/c1-28-11(8-4-5-9(20(23,24)25)15(22)14(8)21)7-34-18(28)26-12(31)6-10-13-16(32)29(2)19(33)30(3)17(13)35-27-10/h4-5,7H,1,6H2,2-3H3/b26-18+. The van der Waals surface area contributed by atoms with Crippen molar-refractivity contribution in [3.8, 4) is 11.3 Å². The van der Waals surface area contributed by atoms with E-state index < -0.39 is 52.5 Å². The van der Waals surface area contributed by atoms with Gasteiger partial charge in [-0.25, -0.2) is 13.6 Å². The number of halogens is 5. The molecule has 35 heavy (non-hydrogen) atoms. The van der Waals surface area contributed by atoms with Crippen LogP contribution in [0.25, 0.3) is 21.5 Å². The lowest BCUT2D eigenvalue weighted by Crippen LogP contribution is -2.36. The number of aryl methyl sites for hydroxylation is 1. The molecule has 3 heterocycles. The van der Waals surface area contributed by atoms with Crippen molar-refractivity contribution in [1.29, 1.82) is 0 Å². The first kappa shape index (κ1) is 24.7. The van der Waals surface area contributed by atoms with Gasteiger partial charge < -0.3 is 4.57 Å². The third-order valence-corrected chi connectivity index (χ3v) is 6.97. The maximum atomic E-state index is 14.4. The van der Waals surface area contributed by atoms with E-state index >= 15 is 0 Å². The largest absolute Gasteiger partial charge is 0.419 e. The van der Waals surface area contributed by atoms with E-state index in [0.717, 1.165) is 38.1 Å². The summed E-state index contributed by atoms with van der Waals surface area (Å²) in [6.45, 7) is 0. The highest BCUT2D eigenvalue weighted by Crippen LogP contribution is 2.35. The van der Waals surface area contributed by atoms with E-state index in [2.05, 4.69) is 16.4 Å². The number of nitrogens with zero attached hydrogens (tertiary/aromatic N) is 5. The number of aromatic nitrogens is 4. The number of thiazole rings is 1. The molecule has 15 heteroatoms. The average molecular weight is 530 g/mol. The molecule has 4 aromatic rings. The molecule has 0 aliphatic rings. The number of fused-ring (bicyclic) bond motifs is 1. The molecule has 0 aliphatic heterocycles. The number of benzene rings is 1. The maximum Gasteiger partial charge on any atom is 0.419 e. The molecule has 1 amide bonds. The monoisotopic (exact) mass is 530 g/mol. The first-order chi connectivity index (χ1) is 16.3. The Kier molecular flexibility index (Phi) is 6.09. The third kappa shape index (κ3) is 4.14. The summed E-state index contributed by atoms with van der Waals surface area (Å²) in [5, 5.41) is 1.35. The fourth-order valence-corrected chi connectivity index (χ4v) is 5.03. The highest BCUT2D eigenvalue weighted by Gasteiger charge is 2.36. The van der Waals surface area contributed by atoms with Crippen LogP contribution in [0.3, 0.4) is 0 Å². The van der Waals surface area contributed by atoms with E-state index in [4.69, 9.17) is 0 Å². The molecular weight excluding hydrogens is 517 g/mol. The van der Waals surface area contributed by atoms with Gasteiger partial charge in [0.05, 0.1) is 28.8 Å². The van der Waals surface area contributed by atoms with Crippen molar-refractivity contribution >= 4 is 39.0 Å². The molecule has 0 N–H and O–H groups in total. The van der Waals surface area contributed by atoms with Crippen LogP contribution in [0.1, 0.15) is 11.3 Å². The van der Waals surface area contributed by atoms with Crippen molar-refractivity contribution in [2.24, 2.45) is 19.1 Å². The fourth-order valence-electron chi connectivity index (χ4n) is 3.33. The molecular formula is C20H13F5N5O3S2. The Labute approximate surface area is 200 Å². The molecule has 183 valence electrons. The van der Waals surface area contributed by atoms with E-state index in [1.165, 1.54) is 24.0 Å². The lowest BCUT2D eigenvalue weighted by molar-refractivity contribution is -0.140. The van der Waals surface area contributed by atoms with Gasteiger partial charge in [0.25, 0.3) is 11.5 Å². The number of rotatable bonds is 3. The molecule has 0 unspecified atom stereocenters. The zero-order chi connectivity index (χ0) is 25.8. The first-order valence-corrected chi connectivity index (χ1v) is 11.2. The third-order valence-electron chi connectivity index (χ3n) is 5.14. The average Bonchev–Trinajstić information content (AvgIpc) is 3.35. The van der Waals surface area contributed by atoms with Gasteiger partial charge >= 0.3 is 11.9 Å². The number of carbonyl (C=O) groups excluding carboxylic acids is 1. The molecule has 0 fully saturated rings. The second kappa shape index (κ2) is 8.64. The summed E-state index contributed by atoms with van der Waals surface area (Å²) in [5.74, 6) is -4.52. The Bertz CT molecular complexity index is 1690. The summed E-state index contributed by atoms with van der Waals surface area (Å²) in [7, 11) is 6.36. The van der Waals surface area contributed by atoms with Gasteiger partial charge in [-0.1, -0.05) is 0 Å². The van der Waals surface area contributed by atoms with Crippen molar-refractivity contribution < 1.29 is 26.7 Å². The molecule has 4 rings (SSSR count). The zero-order valence-corrected chi connectivity index (χ0v) is 19.4. The second-order valence-corrected chi connectivity index (χ2v) is 8.90. The van der Waals surface area contributed by atoms with Crippen molar-refractivity contribution in [1.82, 2.24) is 18.1 Å². The van der Waals surface area contributed by atoms with Gasteiger partial charge in [-0.2, -0.15) is 22.5 Å². The summed E-state index contributed by atoms with van der Waals surface area (Å²) in [5.41, 5.74) is -3.41. The number of hydrogen-bond donors (Lipinski definition) is 0. The number of hydrogen-bond acceptors (Lipinski definition) is 6. The zero-order valence-electron chi connectivity index (χ0n) is 17.8. The first-order valence-electron chi connectivity index (χ1n) is 9.51. The van der Waals surface area contributed by atoms with Gasteiger partial charge in [-0.3, -0.25) is 18.7 Å². The van der Waals surface area contributed by atoms with Crippen molar-refractivity contribution in [2.45, 2.75) is 12.6 Å². The van der Waals surface area contributed by atoms with E-state index in [1.54, 1.807) is 0 Å². The van der Waals surface area contributed by atoms with Crippen LogP contribution in [0, 0.1) is 18.7 Å². The lowest BCUT2D eigenvalue weighted by Gasteiger charge is -2.11. The number of carbonyl (C=O) groups is 1.